The molecular weight excluding hydrogens is 254 g/mol. The highest BCUT2D eigenvalue weighted by atomic mass is 79.9. The summed E-state index contributed by atoms with van der Waals surface area (Å²) in [6, 6.07) is 4.61. The Morgan fingerprint density at radius 3 is 2.73 bits per heavy atom. The minimum atomic E-state index is 0.656. The summed E-state index contributed by atoms with van der Waals surface area (Å²) in [5.74, 6) is 2.64. The molecule has 3 heteroatoms. The number of halogens is 1. The molecule has 1 heterocycles. The van der Waals surface area contributed by atoms with Gasteiger partial charge in [0, 0.05) is 6.04 Å². The van der Waals surface area contributed by atoms with Crippen molar-refractivity contribution in [2.24, 2.45) is 11.8 Å². The summed E-state index contributed by atoms with van der Waals surface area (Å²) in [7, 11) is 0. The lowest BCUT2D eigenvalue weighted by molar-refractivity contribution is 0.354. The van der Waals surface area contributed by atoms with Crippen molar-refractivity contribution in [1.29, 1.82) is 0 Å². The maximum atomic E-state index is 5.46. The van der Waals surface area contributed by atoms with E-state index in [4.69, 9.17) is 4.42 Å². The van der Waals surface area contributed by atoms with Gasteiger partial charge >= 0.3 is 0 Å². The normalized spacial score (nSPS) is 31.0. The van der Waals surface area contributed by atoms with Gasteiger partial charge in [0.25, 0.3) is 0 Å². The van der Waals surface area contributed by atoms with Gasteiger partial charge in [-0.3, -0.25) is 0 Å². The molecule has 2 rings (SSSR count). The molecule has 0 bridgehead atoms. The topological polar surface area (TPSA) is 25.2 Å². The summed E-state index contributed by atoms with van der Waals surface area (Å²) in [6.45, 7) is 5.52. The monoisotopic (exact) mass is 271 g/mol. The predicted octanol–water partition coefficient (Wildman–Crippen LogP) is 3.57. The second-order valence-electron chi connectivity index (χ2n) is 4.61. The number of hydrogen-bond donors (Lipinski definition) is 1. The number of rotatable bonds is 3. The summed E-state index contributed by atoms with van der Waals surface area (Å²) >= 11 is 3.31. The van der Waals surface area contributed by atoms with Gasteiger partial charge in [0.2, 0.25) is 0 Å². The molecule has 1 aromatic heterocycles. The molecular formula is C12H18BrNO. The van der Waals surface area contributed by atoms with Gasteiger partial charge in [0.05, 0.1) is 6.54 Å². The van der Waals surface area contributed by atoms with Crippen LogP contribution in [0.15, 0.2) is 21.2 Å². The molecule has 0 radical (unpaired) electrons. The van der Waals surface area contributed by atoms with Crippen molar-refractivity contribution in [3.05, 3.63) is 22.6 Å². The maximum Gasteiger partial charge on any atom is 0.169 e. The Bertz CT molecular complexity index is 323. The predicted molar refractivity (Wildman–Crippen MR) is 64.6 cm³/mol. The number of nitrogens with one attached hydrogen (secondary N) is 1. The van der Waals surface area contributed by atoms with Crippen molar-refractivity contribution in [1.82, 2.24) is 5.32 Å². The second kappa shape index (κ2) is 4.71. The van der Waals surface area contributed by atoms with Crippen molar-refractivity contribution in [3.8, 4) is 0 Å². The van der Waals surface area contributed by atoms with Crippen molar-refractivity contribution < 1.29 is 4.42 Å². The zero-order valence-corrected chi connectivity index (χ0v) is 10.9. The van der Waals surface area contributed by atoms with Crippen LogP contribution in [0, 0.1) is 11.8 Å². The minimum absolute atomic E-state index is 0.656. The number of furan rings is 1. The molecule has 0 saturated heterocycles. The van der Waals surface area contributed by atoms with Crippen LogP contribution in [0.25, 0.3) is 0 Å². The Kier molecular flexibility index (Phi) is 3.52. The molecule has 1 saturated carbocycles. The van der Waals surface area contributed by atoms with Gasteiger partial charge in [-0.2, -0.15) is 0 Å². The van der Waals surface area contributed by atoms with Crippen LogP contribution in [0.5, 0.6) is 0 Å². The molecule has 0 aromatic carbocycles. The van der Waals surface area contributed by atoms with Crippen LogP contribution in [0.2, 0.25) is 0 Å². The molecule has 1 aliphatic rings. The fourth-order valence-corrected chi connectivity index (χ4v) is 2.67. The summed E-state index contributed by atoms with van der Waals surface area (Å²) in [5.41, 5.74) is 0. The number of hydrogen-bond acceptors (Lipinski definition) is 2. The quantitative estimate of drug-likeness (QED) is 0.910. The molecule has 2 nitrogen and oxygen atoms in total. The largest absolute Gasteiger partial charge is 0.453 e. The van der Waals surface area contributed by atoms with Crippen molar-refractivity contribution in [2.45, 2.75) is 39.3 Å². The first-order chi connectivity index (χ1) is 7.16. The van der Waals surface area contributed by atoms with Crippen LogP contribution in [-0.2, 0) is 6.54 Å². The molecule has 0 amide bonds. The van der Waals surface area contributed by atoms with Gasteiger partial charge in [-0.05, 0) is 52.7 Å². The van der Waals surface area contributed by atoms with E-state index in [0.29, 0.717) is 6.04 Å². The Balaban J connectivity index is 1.83. The van der Waals surface area contributed by atoms with Crippen molar-refractivity contribution in [2.75, 3.05) is 0 Å². The van der Waals surface area contributed by atoms with Crippen LogP contribution < -0.4 is 5.32 Å². The lowest BCUT2D eigenvalue weighted by Gasteiger charge is -2.18. The van der Waals surface area contributed by atoms with Gasteiger partial charge in [-0.15, -0.1) is 0 Å². The summed E-state index contributed by atoms with van der Waals surface area (Å²) < 4.78 is 6.27. The molecule has 1 fully saturated rings. The highest BCUT2D eigenvalue weighted by molar-refractivity contribution is 9.10. The average Bonchev–Trinajstić information content (AvgIpc) is 2.74. The van der Waals surface area contributed by atoms with Crippen LogP contribution in [0.3, 0.4) is 0 Å². The van der Waals surface area contributed by atoms with Crippen molar-refractivity contribution in [3.63, 3.8) is 0 Å². The average molecular weight is 272 g/mol. The molecule has 1 aliphatic carbocycles. The molecule has 3 atom stereocenters. The second-order valence-corrected chi connectivity index (χ2v) is 5.39. The molecule has 1 N–H and O–H groups in total. The third-order valence-corrected chi connectivity index (χ3v) is 4.06. The highest BCUT2D eigenvalue weighted by Crippen LogP contribution is 2.31. The van der Waals surface area contributed by atoms with E-state index >= 15 is 0 Å². The first kappa shape index (κ1) is 11.2. The van der Waals surface area contributed by atoms with Gasteiger partial charge in [-0.1, -0.05) is 13.8 Å². The van der Waals surface area contributed by atoms with E-state index < -0.39 is 0 Å². The molecule has 3 unspecified atom stereocenters. The maximum absolute atomic E-state index is 5.46. The van der Waals surface area contributed by atoms with Crippen LogP contribution >= 0.6 is 15.9 Å². The van der Waals surface area contributed by atoms with Gasteiger partial charge in [0.1, 0.15) is 5.76 Å². The fraction of sp³-hybridized carbons (Fsp3) is 0.667. The Morgan fingerprint density at radius 1 is 1.40 bits per heavy atom. The highest BCUT2D eigenvalue weighted by Gasteiger charge is 2.29. The summed E-state index contributed by atoms with van der Waals surface area (Å²) in [5, 5.41) is 3.58. The zero-order chi connectivity index (χ0) is 10.8. The van der Waals surface area contributed by atoms with E-state index in [9.17, 15) is 0 Å². The van der Waals surface area contributed by atoms with E-state index in [-0.39, 0.29) is 0 Å². The van der Waals surface area contributed by atoms with E-state index in [1.54, 1.807) is 0 Å². The smallest absolute Gasteiger partial charge is 0.169 e. The van der Waals surface area contributed by atoms with Gasteiger partial charge in [0.15, 0.2) is 4.67 Å². The van der Waals surface area contributed by atoms with E-state index in [2.05, 4.69) is 35.1 Å². The Morgan fingerprint density at radius 2 is 2.20 bits per heavy atom. The lowest BCUT2D eigenvalue weighted by atomic mass is 9.98. The van der Waals surface area contributed by atoms with Gasteiger partial charge in [-0.25, -0.2) is 0 Å². The SMILES string of the molecule is CC1CCC(NCc2ccc(Br)o2)C1C. The van der Waals surface area contributed by atoms with E-state index in [1.807, 2.05) is 12.1 Å². The third kappa shape index (κ3) is 2.64. The third-order valence-electron chi connectivity index (χ3n) is 3.63. The first-order valence-electron chi connectivity index (χ1n) is 5.64. The van der Waals surface area contributed by atoms with Crippen LogP contribution in [0.4, 0.5) is 0 Å². The first-order valence-corrected chi connectivity index (χ1v) is 6.43. The summed E-state index contributed by atoms with van der Waals surface area (Å²) in [4.78, 5) is 0. The fourth-order valence-electron chi connectivity index (χ4n) is 2.33. The molecule has 84 valence electrons. The summed E-state index contributed by atoms with van der Waals surface area (Å²) in [6.07, 6.45) is 2.64. The van der Waals surface area contributed by atoms with E-state index in [1.165, 1.54) is 12.8 Å². The van der Waals surface area contributed by atoms with Crippen LogP contribution in [0.1, 0.15) is 32.4 Å². The minimum Gasteiger partial charge on any atom is -0.453 e. The standard InChI is InChI=1S/C12H18BrNO/c1-8-3-5-11(9(8)2)14-7-10-4-6-12(13)15-10/h4,6,8-9,11,14H,3,5,7H2,1-2H3. The van der Waals surface area contributed by atoms with E-state index in [0.717, 1.165) is 28.8 Å². The Hall–Kier alpha value is -0.280. The molecule has 0 spiro atoms. The lowest BCUT2D eigenvalue weighted by Crippen LogP contribution is -2.31. The molecule has 15 heavy (non-hydrogen) atoms. The molecule has 1 aromatic rings. The van der Waals surface area contributed by atoms with Crippen LogP contribution in [-0.4, -0.2) is 6.04 Å². The molecule has 0 aliphatic heterocycles. The van der Waals surface area contributed by atoms with Crippen molar-refractivity contribution >= 4 is 15.9 Å². The Labute approximate surface area is 99.6 Å². The van der Waals surface area contributed by atoms with Gasteiger partial charge < -0.3 is 9.73 Å². The zero-order valence-electron chi connectivity index (χ0n) is 9.29.